The number of rotatable bonds is 8. The van der Waals surface area contributed by atoms with Gasteiger partial charge in [-0.1, -0.05) is 0 Å². The molecule has 1 aromatic carbocycles. The summed E-state index contributed by atoms with van der Waals surface area (Å²) in [6.07, 6.45) is 0.982. The summed E-state index contributed by atoms with van der Waals surface area (Å²) in [6.45, 7) is 0.404. The van der Waals surface area contributed by atoms with Crippen LogP contribution in [0.5, 0.6) is 17.2 Å². The van der Waals surface area contributed by atoms with Crippen LogP contribution in [-0.4, -0.2) is 31.8 Å². The summed E-state index contributed by atoms with van der Waals surface area (Å²) in [5, 5.41) is 12.3. The highest BCUT2D eigenvalue weighted by atomic mass is 16.7. The van der Waals surface area contributed by atoms with Crippen LogP contribution in [0.15, 0.2) is 11.3 Å². The molecule has 1 aromatic rings. The molecule has 0 amide bonds. The number of carbonyl (C=O) groups is 1. The summed E-state index contributed by atoms with van der Waals surface area (Å²) in [6, 6.07) is 1.23. The monoisotopic (exact) mass is 296 g/mol. The Labute approximate surface area is 120 Å². The van der Waals surface area contributed by atoms with E-state index in [1.54, 1.807) is 0 Å². The van der Waals surface area contributed by atoms with Gasteiger partial charge in [-0.3, -0.25) is 0 Å². The van der Waals surface area contributed by atoms with Crippen molar-refractivity contribution in [2.45, 2.75) is 12.8 Å². The average molecular weight is 296 g/mol. The molecule has 9 heteroatoms. The van der Waals surface area contributed by atoms with E-state index < -0.39 is 5.97 Å². The van der Waals surface area contributed by atoms with Crippen LogP contribution in [0.4, 0.5) is 0 Å². The van der Waals surface area contributed by atoms with E-state index in [0.717, 1.165) is 0 Å². The van der Waals surface area contributed by atoms with Gasteiger partial charge in [-0.25, -0.2) is 4.79 Å². The Bertz CT molecular complexity index is 569. The summed E-state index contributed by atoms with van der Waals surface area (Å²) >= 11 is 0. The molecule has 0 aliphatic heterocycles. The Morgan fingerprint density at radius 2 is 2.10 bits per heavy atom. The first-order valence-corrected chi connectivity index (χ1v) is 6.03. The van der Waals surface area contributed by atoms with Crippen LogP contribution in [0.2, 0.25) is 0 Å². The van der Waals surface area contributed by atoms with Crippen molar-refractivity contribution < 1.29 is 24.2 Å². The summed E-state index contributed by atoms with van der Waals surface area (Å²) in [5.74, 6) is -0.828. The fraction of sp³-hybridized carbons (Fsp3) is 0.417. The van der Waals surface area contributed by atoms with Crippen LogP contribution < -0.4 is 20.0 Å². The van der Waals surface area contributed by atoms with Crippen LogP contribution in [0.1, 0.15) is 22.3 Å². The molecule has 0 fully saturated rings. The zero-order chi connectivity index (χ0) is 15.8. The highest BCUT2D eigenvalue weighted by Gasteiger charge is 2.23. The van der Waals surface area contributed by atoms with Crippen LogP contribution in [-0.2, 0) is 6.42 Å². The molecule has 21 heavy (non-hydrogen) atoms. The SMILES string of the molecule is COc1c(ON=[N+]=[N-])cc(C(=O)O)c(CCCN)c1OC. The summed E-state index contributed by atoms with van der Waals surface area (Å²) in [4.78, 5) is 18.6. The zero-order valence-corrected chi connectivity index (χ0v) is 11.7. The van der Waals surface area contributed by atoms with E-state index >= 15 is 0 Å². The fourth-order valence-corrected chi connectivity index (χ4v) is 1.91. The average Bonchev–Trinajstić information content (AvgIpc) is 2.49. The molecule has 9 nitrogen and oxygen atoms in total. The van der Waals surface area contributed by atoms with E-state index in [0.29, 0.717) is 24.9 Å². The minimum absolute atomic E-state index is 0.0239. The molecule has 0 spiro atoms. The highest BCUT2D eigenvalue weighted by Crippen LogP contribution is 2.42. The number of carboxylic acid groups (broad SMARTS) is 1. The van der Waals surface area contributed by atoms with Gasteiger partial charge in [0.25, 0.3) is 0 Å². The number of hydrogen-bond donors (Lipinski definition) is 2. The van der Waals surface area contributed by atoms with Crippen LogP contribution in [0.25, 0.3) is 10.4 Å². The standard InChI is InChI=1S/C12H16N4O5/c1-19-10-7(4-3-5-13)8(12(17)18)6-9(11(10)20-2)21-16-15-14/h6H,3-5,13H2,1-2H3,(H,17,18). The third kappa shape index (κ3) is 3.68. The van der Waals surface area contributed by atoms with E-state index in [4.69, 9.17) is 25.6 Å². The van der Waals surface area contributed by atoms with Crippen molar-refractivity contribution >= 4 is 5.97 Å². The minimum atomic E-state index is -1.16. The van der Waals surface area contributed by atoms with E-state index in [9.17, 15) is 9.90 Å². The Morgan fingerprint density at radius 3 is 2.57 bits per heavy atom. The quantitative estimate of drug-likeness (QED) is 0.325. The molecule has 1 rings (SSSR count). The molecule has 0 bridgehead atoms. The lowest BCUT2D eigenvalue weighted by molar-refractivity contribution is 0.0694. The van der Waals surface area contributed by atoms with Crippen molar-refractivity contribution in [2.75, 3.05) is 20.8 Å². The van der Waals surface area contributed by atoms with Crippen molar-refractivity contribution in [3.8, 4) is 17.2 Å². The highest BCUT2D eigenvalue weighted by molar-refractivity contribution is 5.92. The lowest BCUT2D eigenvalue weighted by Crippen LogP contribution is -2.09. The number of azide groups is 1. The Hall–Kier alpha value is -2.64. The van der Waals surface area contributed by atoms with E-state index in [2.05, 4.69) is 10.2 Å². The number of ether oxygens (including phenoxy) is 2. The van der Waals surface area contributed by atoms with E-state index in [1.165, 1.54) is 20.3 Å². The topological polar surface area (TPSA) is 140 Å². The molecule has 0 unspecified atom stereocenters. The molecule has 0 aliphatic carbocycles. The van der Waals surface area contributed by atoms with Crippen LogP contribution in [0, 0.1) is 0 Å². The summed E-state index contributed by atoms with van der Waals surface area (Å²) < 4.78 is 10.4. The lowest BCUT2D eigenvalue weighted by atomic mass is 10.00. The molecule has 0 heterocycles. The first-order valence-electron chi connectivity index (χ1n) is 6.03. The Balaban J connectivity index is 3.53. The predicted molar refractivity (Wildman–Crippen MR) is 73.7 cm³/mol. The van der Waals surface area contributed by atoms with Crippen molar-refractivity contribution in [3.63, 3.8) is 0 Å². The van der Waals surface area contributed by atoms with Crippen LogP contribution >= 0.6 is 0 Å². The number of methoxy groups -OCH3 is 2. The summed E-state index contributed by atoms with van der Waals surface area (Å²) in [7, 11) is 2.75. The lowest BCUT2D eigenvalue weighted by Gasteiger charge is -2.17. The van der Waals surface area contributed by atoms with Gasteiger partial charge in [-0.2, -0.15) is 0 Å². The molecule has 0 aliphatic rings. The number of hydrogen-bond acceptors (Lipinski definition) is 6. The van der Waals surface area contributed by atoms with Gasteiger partial charge in [0.1, 0.15) is 5.28 Å². The van der Waals surface area contributed by atoms with Crippen molar-refractivity contribution in [2.24, 2.45) is 11.0 Å². The molecular formula is C12H16N4O5. The maximum absolute atomic E-state index is 11.4. The smallest absolute Gasteiger partial charge is 0.336 e. The number of benzene rings is 1. The molecule has 0 saturated carbocycles. The third-order valence-electron chi connectivity index (χ3n) is 2.75. The van der Waals surface area contributed by atoms with Crippen molar-refractivity contribution in [1.29, 1.82) is 0 Å². The first-order chi connectivity index (χ1) is 10.1. The Kier molecular flexibility index (Phi) is 6.12. The Morgan fingerprint density at radius 1 is 1.43 bits per heavy atom. The molecule has 114 valence electrons. The minimum Gasteiger partial charge on any atom is -0.492 e. The van der Waals surface area contributed by atoms with Gasteiger partial charge in [-0.15, -0.1) is 0 Å². The van der Waals surface area contributed by atoms with E-state index in [1.807, 2.05) is 0 Å². The largest absolute Gasteiger partial charge is 0.492 e. The third-order valence-corrected chi connectivity index (χ3v) is 2.75. The second kappa shape index (κ2) is 7.83. The zero-order valence-electron chi connectivity index (χ0n) is 11.7. The van der Waals surface area contributed by atoms with Crippen LogP contribution in [0.3, 0.4) is 0 Å². The molecule has 0 saturated heterocycles. The molecule has 0 atom stereocenters. The number of nitrogens with zero attached hydrogens (tertiary/aromatic N) is 3. The van der Waals surface area contributed by atoms with Gasteiger partial charge in [-0.05, 0) is 24.9 Å². The second-order valence-corrected chi connectivity index (χ2v) is 3.93. The number of nitrogens with two attached hydrogens (primary N) is 1. The van der Waals surface area contributed by atoms with Crippen molar-refractivity contribution in [1.82, 2.24) is 0 Å². The predicted octanol–water partition coefficient (Wildman–Crippen LogP) is 1.90. The van der Waals surface area contributed by atoms with Gasteiger partial charge in [0.15, 0.2) is 11.5 Å². The number of carboxylic acids is 1. The first kappa shape index (κ1) is 16.4. The fourth-order valence-electron chi connectivity index (χ4n) is 1.91. The van der Waals surface area contributed by atoms with Gasteiger partial charge < -0.3 is 25.2 Å². The number of aromatic carboxylic acids is 1. The molecule has 0 radical (unpaired) electrons. The van der Waals surface area contributed by atoms with E-state index in [-0.39, 0.29) is 22.8 Å². The van der Waals surface area contributed by atoms with Crippen molar-refractivity contribution in [3.05, 3.63) is 27.6 Å². The summed E-state index contributed by atoms with van der Waals surface area (Å²) in [5.41, 5.74) is 14.2. The molecule has 0 aromatic heterocycles. The molecule has 3 N–H and O–H groups in total. The normalized spacial score (nSPS) is 9.67. The van der Waals surface area contributed by atoms with Gasteiger partial charge in [0.2, 0.25) is 5.75 Å². The maximum atomic E-state index is 11.4. The second-order valence-electron chi connectivity index (χ2n) is 3.93. The van der Waals surface area contributed by atoms with Gasteiger partial charge in [0.05, 0.1) is 19.8 Å². The van der Waals surface area contributed by atoms with Gasteiger partial charge in [0, 0.05) is 16.5 Å². The maximum Gasteiger partial charge on any atom is 0.336 e. The van der Waals surface area contributed by atoms with Gasteiger partial charge >= 0.3 is 5.97 Å². The molecular weight excluding hydrogens is 280 g/mol.